The van der Waals surface area contributed by atoms with Gasteiger partial charge in [-0.3, -0.25) is 4.79 Å². The Hall–Kier alpha value is -1.51. The van der Waals surface area contributed by atoms with E-state index in [0.717, 1.165) is 24.2 Å². The van der Waals surface area contributed by atoms with Crippen LogP contribution in [0.5, 0.6) is 0 Å². The molecule has 1 aliphatic carbocycles. The van der Waals surface area contributed by atoms with Gasteiger partial charge in [-0.15, -0.1) is 0 Å². The number of carbonyl (C=O) groups is 1. The molecular weight excluding hydrogens is 212 g/mol. The van der Waals surface area contributed by atoms with Gasteiger partial charge in [0.1, 0.15) is 0 Å². The first-order valence-electron chi connectivity index (χ1n) is 6.45. The zero-order valence-corrected chi connectivity index (χ0v) is 9.96. The molecule has 17 heavy (non-hydrogen) atoms. The molecule has 0 bridgehead atoms. The molecule has 1 aromatic carbocycles. The molecule has 1 heterocycles. The predicted octanol–water partition coefficient (Wildman–Crippen LogP) is 3.14. The van der Waals surface area contributed by atoms with Crippen LogP contribution in [-0.4, -0.2) is 11.4 Å². The van der Waals surface area contributed by atoms with E-state index < -0.39 is 0 Å². The van der Waals surface area contributed by atoms with Crippen LogP contribution in [-0.2, 0) is 4.79 Å². The van der Waals surface area contributed by atoms with E-state index in [4.69, 9.17) is 0 Å². The second kappa shape index (κ2) is 4.06. The highest BCUT2D eigenvalue weighted by Gasteiger charge is 2.36. The summed E-state index contributed by atoms with van der Waals surface area (Å²) in [6.07, 6.45) is 6.56. The van der Waals surface area contributed by atoms with E-state index in [1.807, 2.05) is 18.2 Å². The standard InChI is InChI=1S/C14H18N2O/c17-13-10-14(8-4-1-5-9-14)16-12-7-3-2-6-11(12)15-13/h2-3,6-7,16H,1,4-5,8-10H2,(H,15,17). The highest BCUT2D eigenvalue weighted by Crippen LogP contribution is 2.38. The molecule has 1 saturated carbocycles. The third kappa shape index (κ3) is 2.02. The number of carbonyl (C=O) groups excluding carboxylic acids is 1. The van der Waals surface area contributed by atoms with Crippen molar-refractivity contribution in [2.75, 3.05) is 10.6 Å². The van der Waals surface area contributed by atoms with Gasteiger partial charge in [0.15, 0.2) is 0 Å². The first-order valence-corrected chi connectivity index (χ1v) is 6.45. The summed E-state index contributed by atoms with van der Waals surface area (Å²) in [7, 11) is 0. The van der Waals surface area contributed by atoms with Gasteiger partial charge >= 0.3 is 0 Å². The van der Waals surface area contributed by atoms with E-state index in [2.05, 4.69) is 16.7 Å². The summed E-state index contributed by atoms with van der Waals surface area (Å²) in [6, 6.07) is 7.98. The Morgan fingerprint density at radius 2 is 1.71 bits per heavy atom. The quantitative estimate of drug-likeness (QED) is 0.719. The molecule has 0 aromatic heterocycles. The van der Waals surface area contributed by atoms with Gasteiger partial charge in [-0.1, -0.05) is 31.4 Å². The highest BCUT2D eigenvalue weighted by atomic mass is 16.1. The van der Waals surface area contributed by atoms with Crippen LogP contribution in [0.15, 0.2) is 24.3 Å². The molecule has 0 radical (unpaired) electrons. The molecule has 1 aliphatic heterocycles. The van der Waals surface area contributed by atoms with Crippen molar-refractivity contribution in [2.45, 2.75) is 44.1 Å². The van der Waals surface area contributed by atoms with Crippen molar-refractivity contribution < 1.29 is 4.79 Å². The average Bonchev–Trinajstić information content (AvgIpc) is 2.45. The molecule has 0 atom stereocenters. The fourth-order valence-electron chi connectivity index (χ4n) is 3.06. The van der Waals surface area contributed by atoms with E-state index >= 15 is 0 Å². The van der Waals surface area contributed by atoms with Gasteiger partial charge in [-0.05, 0) is 25.0 Å². The summed E-state index contributed by atoms with van der Waals surface area (Å²) in [5, 5.41) is 6.61. The molecule has 1 spiro atoms. The second-order valence-electron chi connectivity index (χ2n) is 5.24. The van der Waals surface area contributed by atoms with Crippen LogP contribution in [0.3, 0.4) is 0 Å². The maximum Gasteiger partial charge on any atom is 0.226 e. The molecule has 2 aliphatic rings. The highest BCUT2D eigenvalue weighted by molar-refractivity contribution is 5.97. The van der Waals surface area contributed by atoms with E-state index in [0.29, 0.717) is 6.42 Å². The monoisotopic (exact) mass is 230 g/mol. The van der Waals surface area contributed by atoms with Gasteiger partial charge in [0.2, 0.25) is 5.91 Å². The number of fused-ring (bicyclic) bond motifs is 1. The van der Waals surface area contributed by atoms with Gasteiger partial charge in [-0.2, -0.15) is 0 Å². The molecular formula is C14H18N2O. The van der Waals surface area contributed by atoms with Gasteiger partial charge in [0.25, 0.3) is 0 Å². The van der Waals surface area contributed by atoms with Gasteiger partial charge in [-0.25, -0.2) is 0 Å². The number of hydrogen-bond acceptors (Lipinski definition) is 2. The molecule has 3 heteroatoms. The van der Waals surface area contributed by atoms with Gasteiger partial charge in [0.05, 0.1) is 11.4 Å². The molecule has 2 N–H and O–H groups in total. The summed E-state index contributed by atoms with van der Waals surface area (Å²) < 4.78 is 0. The van der Waals surface area contributed by atoms with Gasteiger partial charge < -0.3 is 10.6 Å². The predicted molar refractivity (Wildman–Crippen MR) is 69.1 cm³/mol. The number of para-hydroxylation sites is 2. The molecule has 0 unspecified atom stereocenters. The van der Waals surface area contributed by atoms with Crippen LogP contribution in [0, 0.1) is 0 Å². The first-order chi connectivity index (χ1) is 8.27. The fraction of sp³-hybridized carbons (Fsp3) is 0.500. The van der Waals surface area contributed by atoms with Crippen molar-refractivity contribution in [2.24, 2.45) is 0 Å². The van der Waals surface area contributed by atoms with E-state index in [9.17, 15) is 4.79 Å². The van der Waals surface area contributed by atoms with Crippen molar-refractivity contribution in [3.63, 3.8) is 0 Å². The second-order valence-corrected chi connectivity index (χ2v) is 5.24. The minimum atomic E-state index is -0.00502. The maximum absolute atomic E-state index is 12.0. The number of nitrogens with one attached hydrogen (secondary N) is 2. The largest absolute Gasteiger partial charge is 0.377 e. The third-order valence-corrected chi connectivity index (χ3v) is 3.91. The van der Waals surface area contributed by atoms with Crippen LogP contribution in [0.25, 0.3) is 0 Å². The zero-order valence-electron chi connectivity index (χ0n) is 9.96. The Balaban J connectivity index is 1.96. The number of benzene rings is 1. The molecule has 1 aromatic rings. The third-order valence-electron chi connectivity index (χ3n) is 3.91. The van der Waals surface area contributed by atoms with Crippen LogP contribution in [0.4, 0.5) is 11.4 Å². The molecule has 0 saturated heterocycles. The van der Waals surface area contributed by atoms with Crippen molar-refractivity contribution in [1.82, 2.24) is 0 Å². The lowest BCUT2D eigenvalue weighted by Crippen LogP contribution is -2.41. The summed E-state index contributed by atoms with van der Waals surface area (Å²) in [4.78, 5) is 12.0. The van der Waals surface area contributed by atoms with E-state index in [1.165, 1.54) is 19.3 Å². The maximum atomic E-state index is 12.0. The lowest BCUT2D eigenvalue weighted by molar-refractivity contribution is -0.117. The Kier molecular flexibility index (Phi) is 2.54. The smallest absolute Gasteiger partial charge is 0.226 e. The minimum Gasteiger partial charge on any atom is -0.377 e. The summed E-state index contributed by atoms with van der Waals surface area (Å²) in [5.41, 5.74) is 1.98. The molecule has 1 fully saturated rings. The lowest BCUT2D eigenvalue weighted by Gasteiger charge is -2.37. The number of hydrogen-bond donors (Lipinski definition) is 2. The fourth-order valence-corrected chi connectivity index (χ4v) is 3.06. The minimum absolute atomic E-state index is 0.00502. The van der Waals surface area contributed by atoms with Crippen LogP contribution >= 0.6 is 0 Å². The molecule has 3 rings (SSSR count). The number of amides is 1. The normalized spacial score (nSPS) is 22.2. The van der Waals surface area contributed by atoms with Crippen LogP contribution in [0.2, 0.25) is 0 Å². The van der Waals surface area contributed by atoms with Crippen molar-refractivity contribution in [1.29, 1.82) is 0 Å². The van der Waals surface area contributed by atoms with Gasteiger partial charge in [0, 0.05) is 12.0 Å². The zero-order chi connectivity index (χ0) is 11.7. The van der Waals surface area contributed by atoms with E-state index in [-0.39, 0.29) is 11.4 Å². The Labute approximate surface area is 102 Å². The number of rotatable bonds is 0. The number of anilines is 2. The Morgan fingerprint density at radius 3 is 2.47 bits per heavy atom. The summed E-state index contributed by atoms with van der Waals surface area (Å²) in [6.45, 7) is 0. The first kappa shape index (κ1) is 10.6. The molecule has 1 amide bonds. The SMILES string of the molecule is O=C1CC2(CCCCC2)Nc2ccccc2N1. The summed E-state index contributed by atoms with van der Waals surface area (Å²) >= 11 is 0. The van der Waals surface area contributed by atoms with Crippen molar-refractivity contribution in [3.05, 3.63) is 24.3 Å². The van der Waals surface area contributed by atoms with Crippen molar-refractivity contribution >= 4 is 17.3 Å². The Morgan fingerprint density at radius 1 is 1.00 bits per heavy atom. The average molecular weight is 230 g/mol. The van der Waals surface area contributed by atoms with Crippen LogP contribution in [0.1, 0.15) is 38.5 Å². The molecule has 3 nitrogen and oxygen atoms in total. The van der Waals surface area contributed by atoms with E-state index in [1.54, 1.807) is 0 Å². The topological polar surface area (TPSA) is 41.1 Å². The molecule has 90 valence electrons. The lowest BCUT2D eigenvalue weighted by atomic mass is 9.79. The summed E-state index contributed by atoms with van der Waals surface area (Å²) in [5.74, 6) is 0.143. The van der Waals surface area contributed by atoms with Crippen molar-refractivity contribution in [3.8, 4) is 0 Å². The van der Waals surface area contributed by atoms with Crippen LogP contribution < -0.4 is 10.6 Å². The Bertz CT molecular complexity index is 436.